The second-order valence-electron chi connectivity index (χ2n) is 7.21. The molecule has 1 aromatic heterocycles. The Kier molecular flexibility index (Phi) is 6.08. The van der Waals surface area contributed by atoms with Gasteiger partial charge in [-0.1, -0.05) is 6.07 Å². The minimum absolute atomic E-state index is 0.00392. The van der Waals surface area contributed by atoms with Gasteiger partial charge in [-0.2, -0.15) is 0 Å². The minimum Gasteiger partial charge on any atom is -0.378 e. The van der Waals surface area contributed by atoms with Gasteiger partial charge in [-0.3, -0.25) is 4.79 Å². The summed E-state index contributed by atoms with van der Waals surface area (Å²) in [7, 11) is 0. The van der Waals surface area contributed by atoms with Crippen LogP contribution in [0.3, 0.4) is 0 Å². The van der Waals surface area contributed by atoms with Gasteiger partial charge in [-0.25, -0.2) is 14.2 Å². The van der Waals surface area contributed by atoms with E-state index in [9.17, 15) is 14.0 Å². The molecular formula is C21H24FN5O3. The monoisotopic (exact) mass is 413 g/mol. The standard InChI is InChI=1S/C21H24FN5O3/c22-17-6-5-16(27-8-2-4-19(27)28)13-18(17)25-21(29)24-14-15-3-1-7-23-20(15)26-9-11-30-12-10-26/h1,3,5-7,13H,2,4,8-12,14H2,(H2,24,25,29). The molecule has 2 aromatic rings. The molecule has 0 atom stereocenters. The van der Waals surface area contributed by atoms with Crippen molar-refractivity contribution in [3.05, 3.63) is 47.9 Å². The first kappa shape index (κ1) is 20.1. The number of carbonyl (C=O) groups excluding carboxylic acids is 2. The third-order valence-corrected chi connectivity index (χ3v) is 5.20. The van der Waals surface area contributed by atoms with Crippen LogP contribution in [-0.2, 0) is 16.1 Å². The van der Waals surface area contributed by atoms with Crippen molar-refractivity contribution >= 4 is 29.1 Å². The number of rotatable bonds is 5. The summed E-state index contributed by atoms with van der Waals surface area (Å²) in [4.78, 5) is 32.5. The quantitative estimate of drug-likeness (QED) is 0.787. The van der Waals surface area contributed by atoms with Crippen LogP contribution in [0.1, 0.15) is 18.4 Å². The molecule has 3 heterocycles. The SMILES string of the molecule is O=C(NCc1cccnc1N1CCOCC1)Nc1cc(N2CCCC2=O)ccc1F. The van der Waals surface area contributed by atoms with E-state index < -0.39 is 11.8 Å². The molecule has 8 nitrogen and oxygen atoms in total. The van der Waals surface area contributed by atoms with Gasteiger partial charge in [-0.15, -0.1) is 0 Å². The summed E-state index contributed by atoms with van der Waals surface area (Å²) in [6, 6.07) is 7.48. The van der Waals surface area contributed by atoms with Crippen molar-refractivity contribution in [1.82, 2.24) is 10.3 Å². The van der Waals surface area contributed by atoms with Crippen molar-refractivity contribution in [3.63, 3.8) is 0 Å². The fraction of sp³-hybridized carbons (Fsp3) is 0.381. The number of hydrogen-bond donors (Lipinski definition) is 2. The molecule has 4 rings (SSSR count). The van der Waals surface area contributed by atoms with E-state index >= 15 is 0 Å². The first-order valence-electron chi connectivity index (χ1n) is 10.0. The molecule has 0 radical (unpaired) electrons. The van der Waals surface area contributed by atoms with Gasteiger partial charge in [0.05, 0.1) is 18.9 Å². The Morgan fingerprint density at radius 3 is 2.80 bits per heavy atom. The van der Waals surface area contributed by atoms with Gasteiger partial charge in [0.25, 0.3) is 0 Å². The summed E-state index contributed by atoms with van der Waals surface area (Å²) in [5.74, 6) is 0.252. The number of anilines is 3. The maximum absolute atomic E-state index is 14.2. The number of ether oxygens (including phenoxy) is 1. The highest BCUT2D eigenvalue weighted by Gasteiger charge is 2.23. The molecule has 0 spiro atoms. The van der Waals surface area contributed by atoms with Crippen LogP contribution < -0.4 is 20.4 Å². The minimum atomic E-state index is -0.559. The molecule has 2 aliphatic heterocycles. The number of pyridine rings is 1. The number of halogens is 1. The highest BCUT2D eigenvalue weighted by atomic mass is 19.1. The summed E-state index contributed by atoms with van der Waals surface area (Å²) in [6.07, 6.45) is 2.97. The van der Waals surface area contributed by atoms with Gasteiger partial charge in [0.1, 0.15) is 11.6 Å². The third kappa shape index (κ3) is 4.51. The van der Waals surface area contributed by atoms with Crippen LogP contribution in [0.25, 0.3) is 0 Å². The fourth-order valence-electron chi connectivity index (χ4n) is 3.67. The van der Waals surface area contributed by atoms with Crippen molar-refractivity contribution in [2.45, 2.75) is 19.4 Å². The van der Waals surface area contributed by atoms with Gasteiger partial charge in [0.15, 0.2) is 0 Å². The largest absolute Gasteiger partial charge is 0.378 e. The molecule has 3 amide bonds. The van der Waals surface area contributed by atoms with Crippen LogP contribution in [0, 0.1) is 5.82 Å². The first-order valence-corrected chi connectivity index (χ1v) is 10.0. The summed E-state index contributed by atoms with van der Waals surface area (Å²) in [6.45, 7) is 3.60. The topological polar surface area (TPSA) is 86.8 Å². The Morgan fingerprint density at radius 2 is 2.03 bits per heavy atom. The van der Waals surface area contributed by atoms with Gasteiger partial charge in [0, 0.05) is 50.0 Å². The molecule has 0 unspecified atom stereocenters. The molecule has 0 saturated carbocycles. The molecule has 9 heteroatoms. The zero-order valence-electron chi connectivity index (χ0n) is 16.6. The number of urea groups is 1. The lowest BCUT2D eigenvalue weighted by atomic mass is 10.2. The summed E-state index contributed by atoms with van der Waals surface area (Å²) in [5.41, 5.74) is 1.48. The molecule has 0 aliphatic carbocycles. The molecule has 2 fully saturated rings. The van der Waals surface area contributed by atoms with Crippen LogP contribution in [0.4, 0.5) is 26.4 Å². The average molecular weight is 413 g/mol. The van der Waals surface area contributed by atoms with E-state index in [1.54, 1.807) is 17.2 Å². The second kappa shape index (κ2) is 9.08. The number of nitrogens with zero attached hydrogens (tertiary/aromatic N) is 3. The molecule has 2 aliphatic rings. The molecule has 30 heavy (non-hydrogen) atoms. The zero-order chi connectivity index (χ0) is 20.9. The number of hydrogen-bond acceptors (Lipinski definition) is 5. The predicted molar refractivity (Wildman–Crippen MR) is 111 cm³/mol. The fourth-order valence-corrected chi connectivity index (χ4v) is 3.67. The number of aromatic nitrogens is 1. The van der Waals surface area contributed by atoms with Crippen molar-refractivity contribution in [3.8, 4) is 0 Å². The Bertz CT molecular complexity index is 933. The molecule has 2 saturated heterocycles. The lowest BCUT2D eigenvalue weighted by Crippen LogP contribution is -2.38. The van der Waals surface area contributed by atoms with Crippen molar-refractivity contribution in [2.75, 3.05) is 48.0 Å². The molecule has 2 N–H and O–H groups in total. The Labute approximate surface area is 174 Å². The Balaban J connectivity index is 1.40. The molecule has 0 bridgehead atoms. The summed E-state index contributed by atoms with van der Waals surface area (Å²) < 4.78 is 19.6. The van der Waals surface area contributed by atoms with E-state index in [0.717, 1.165) is 30.9 Å². The first-order chi connectivity index (χ1) is 14.6. The van der Waals surface area contributed by atoms with E-state index in [0.29, 0.717) is 31.9 Å². The molecular weight excluding hydrogens is 389 g/mol. The number of nitrogens with one attached hydrogen (secondary N) is 2. The maximum Gasteiger partial charge on any atom is 0.319 e. The third-order valence-electron chi connectivity index (χ3n) is 5.20. The van der Waals surface area contributed by atoms with E-state index in [1.165, 1.54) is 12.1 Å². The second-order valence-corrected chi connectivity index (χ2v) is 7.21. The van der Waals surface area contributed by atoms with Gasteiger partial charge in [-0.05, 0) is 30.7 Å². The molecule has 1 aromatic carbocycles. The number of benzene rings is 1. The van der Waals surface area contributed by atoms with E-state index in [1.807, 2.05) is 12.1 Å². The average Bonchev–Trinajstić information content (AvgIpc) is 3.20. The van der Waals surface area contributed by atoms with Crippen LogP contribution in [0.15, 0.2) is 36.5 Å². The lowest BCUT2D eigenvalue weighted by molar-refractivity contribution is -0.117. The zero-order valence-corrected chi connectivity index (χ0v) is 16.6. The molecule has 158 valence electrons. The normalized spacial score (nSPS) is 16.6. The van der Waals surface area contributed by atoms with Crippen molar-refractivity contribution in [2.24, 2.45) is 0 Å². The van der Waals surface area contributed by atoms with Gasteiger partial charge >= 0.3 is 6.03 Å². The summed E-state index contributed by atoms with van der Waals surface area (Å²) in [5, 5.41) is 5.30. The lowest BCUT2D eigenvalue weighted by Gasteiger charge is -2.29. The van der Waals surface area contributed by atoms with Crippen molar-refractivity contribution < 1.29 is 18.7 Å². The van der Waals surface area contributed by atoms with Crippen LogP contribution in [-0.4, -0.2) is 49.8 Å². The predicted octanol–water partition coefficient (Wildman–Crippen LogP) is 2.51. The van der Waals surface area contributed by atoms with Crippen LogP contribution >= 0.6 is 0 Å². The van der Waals surface area contributed by atoms with Crippen LogP contribution in [0.5, 0.6) is 0 Å². The maximum atomic E-state index is 14.2. The number of morpholine rings is 1. The highest BCUT2D eigenvalue weighted by Crippen LogP contribution is 2.26. The van der Waals surface area contributed by atoms with Gasteiger partial charge in [0.2, 0.25) is 5.91 Å². The highest BCUT2D eigenvalue weighted by molar-refractivity contribution is 5.96. The number of amides is 3. The smallest absolute Gasteiger partial charge is 0.319 e. The van der Waals surface area contributed by atoms with E-state index in [4.69, 9.17) is 4.74 Å². The Morgan fingerprint density at radius 1 is 1.20 bits per heavy atom. The summed E-state index contributed by atoms with van der Waals surface area (Å²) >= 11 is 0. The Hall–Kier alpha value is -3.20. The van der Waals surface area contributed by atoms with E-state index in [-0.39, 0.29) is 18.1 Å². The van der Waals surface area contributed by atoms with Gasteiger partial charge < -0.3 is 25.2 Å². The van der Waals surface area contributed by atoms with E-state index in [2.05, 4.69) is 20.5 Å². The number of carbonyl (C=O) groups is 2. The van der Waals surface area contributed by atoms with Crippen molar-refractivity contribution in [1.29, 1.82) is 0 Å². The van der Waals surface area contributed by atoms with Crippen LogP contribution in [0.2, 0.25) is 0 Å².